The van der Waals surface area contributed by atoms with Gasteiger partial charge in [-0.1, -0.05) is 94.4 Å². The first kappa shape index (κ1) is 22.6. The maximum absolute atomic E-state index is 13.2. The highest BCUT2D eigenvalue weighted by molar-refractivity contribution is 5.96. The quantitative estimate of drug-likeness (QED) is 0.451. The van der Waals surface area contributed by atoms with Gasteiger partial charge in [0.1, 0.15) is 6.54 Å². The molecule has 0 unspecified atom stereocenters. The number of carbonyl (C=O) groups is 2. The number of hydrogen-bond acceptors (Lipinski definition) is 2. The van der Waals surface area contributed by atoms with Crippen molar-refractivity contribution in [2.75, 3.05) is 11.9 Å². The Balaban J connectivity index is 1.68. The topological polar surface area (TPSA) is 69.6 Å². The van der Waals surface area contributed by atoms with Crippen molar-refractivity contribution in [3.63, 3.8) is 0 Å². The highest BCUT2D eigenvalue weighted by atomic mass is 16.4. The van der Waals surface area contributed by atoms with Crippen LogP contribution in [-0.4, -0.2) is 28.6 Å². The number of hydrogen-bond donors (Lipinski definition) is 2. The molecule has 0 fully saturated rings. The molecule has 0 bridgehead atoms. The van der Waals surface area contributed by atoms with Crippen molar-refractivity contribution in [2.45, 2.75) is 45.6 Å². The Kier molecular flexibility index (Phi) is 6.23. The molecular weight excluding hydrogens is 412 g/mol. The molecule has 4 rings (SSSR count). The Morgan fingerprint density at radius 3 is 1.76 bits per heavy atom. The Morgan fingerprint density at radius 1 is 0.818 bits per heavy atom. The number of anilines is 1. The summed E-state index contributed by atoms with van der Waals surface area (Å²) in [5, 5.41) is 13.2. The third kappa shape index (κ3) is 4.23. The molecule has 3 aromatic rings. The van der Waals surface area contributed by atoms with Crippen LogP contribution in [0, 0.1) is 0 Å². The molecule has 1 aliphatic rings. The van der Waals surface area contributed by atoms with Gasteiger partial charge in [0.15, 0.2) is 0 Å². The average Bonchev–Trinajstić information content (AvgIpc) is 3.11. The average molecular weight is 443 g/mol. The van der Waals surface area contributed by atoms with Gasteiger partial charge in [0, 0.05) is 5.69 Å². The van der Waals surface area contributed by atoms with Crippen LogP contribution in [0.25, 0.3) is 11.1 Å². The summed E-state index contributed by atoms with van der Waals surface area (Å²) >= 11 is 0. The van der Waals surface area contributed by atoms with Crippen LogP contribution in [0.5, 0.6) is 0 Å². The molecule has 5 heteroatoms. The zero-order valence-electron chi connectivity index (χ0n) is 19.5. The van der Waals surface area contributed by atoms with E-state index in [0.717, 1.165) is 39.1 Å². The lowest BCUT2D eigenvalue weighted by molar-refractivity contribution is -0.117. The zero-order valence-corrected chi connectivity index (χ0v) is 19.5. The van der Waals surface area contributed by atoms with E-state index >= 15 is 0 Å². The number of carbonyl (C=O) groups excluding carboxylic acids is 1. The lowest BCUT2D eigenvalue weighted by Gasteiger charge is -2.28. The minimum Gasteiger partial charge on any atom is -0.465 e. The number of benzene rings is 3. The maximum Gasteiger partial charge on any atom is 0.408 e. The van der Waals surface area contributed by atoms with Gasteiger partial charge in [-0.15, -0.1) is 0 Å². The standard InChI is InChI=1S/C28H30N2O3/c1-17(2)19-14-9-15-20(18(3)4)26(19)29-25(31)16-30(28(32)33)27-23-12-7-5-10-21(23)22-11-6-8-13-24(22)27/h5-15,17-18,27H,16H2,1-4H3,(H,29,31)(H,32,33). The molecule has 0 spiro atoms. The fourth-order valence-electron chi connectivity index (χ4n) is 4.76. The van der Waals surface area contributed by atoms with E-state index in [9.17, 15) is 14.7 Å². The fraction of sp³-hybridized carbons (Fsp3) is 0.286. The van der Waals surface area contributed by atoms with Crippen molar-refractivity contribution in [1.29, 1.82) is 0 Å². The molecule has 0 saturated carbocycles. The number of nitrogens with one attached hydrogen (secondary N) is 1. The molecule has 0 atom stereocenters. The fourth-order valence-corrected chi connectivity index (χ4v) is 4.76. The van der Waals surface area contributed by atoms with Crippen molar-refractivity contribution >= 4 is 17.7 Å². The molecule has 0 saturated heterocycles. The third-order valence-electron chi connectivity index (χ3n) is 6.31. The van der Waals surface area contributed by atoms with E-state index in [1.165, 1.54) is 4.90 Å². The Bertz CT molecular complexity index is 1130. The number of amides is 2. The van der Waals surface area contributed by atoms with E-state index in [1.54, 1.807) is 0 Å². The smallest absolute Gasteiger partial charge is 0.408 e. The first-order valence-electron chi connectivity index (χ1n) is 11.4. The second-order valence-corrected chi connectivity index (χ2v) is 9.16. The van der Waals surface area contributed by atoms with Crippen LogP contribution in [0.15, 0.2) is 66.7 Å². The summed E-state index contributed by atoms with van der Waals surface area (Å²) in [6, 6.07) is 21.1. The molecular formula is C28H30N2O3. The van der Waals surface area contributed by atoms with Crippen molar-refractivity contribution in [1.82, 2.24) is 4.90 Å². The molecule has 1 aliphatic carbocycles. The normalized spacial score (nSPS) is 12.5. The molecule has 33 heavy (non-hydrogen) atoms. The van der Waals surface area contributed by atoms with Gasteiger partial charge in [-0.25, -0.2) is 4.79 Å². The van der Waals surface area contributed by atoms with E-state index in [2.05, 4.69) is 33.0 Å². The first-order valence-corrected chi connectivity index (χ1v) is 11.4. The van der Waals surface area contributed by atoms with E-state index in [-0.39, 0.29) is 24.3 Å². The van der Waals surface area contributed by atoms with Crippen LogP contribution in [-0.2, 0) is 4.79 Å². The van der Waals surface area contributed by atoms with Crippen molar-refractivity contribution in [2.24, 2.45) is 0 Å². The van der Waals surface area contributed by atoms with Crippen LogP contribution in [0.1, 0.15) is 67.8 Å². The number of rotatable bonds is 6. The lowest BCUT2D eigenvalue weighted by Crippen LogP contribution is -2.40. The monoisotopic (exact) mass is 442 g/mol. The Morgan fingerprint density at radius 2 is 1.30 bits per heavy atom. The maximum atomic E-state index is 13.2. The Hall–Kier alpha value is -3.60. The summed E-state index contributed by atoms with van der Waals surface area (Å²) in [6.45, 7) is 8.10. The number of para-hydroxylation sites is 1. The van der Waals surface area contributed by atoms with Gasteiger partial charge in [0.2, 0.25) is 5.91 Å². The van der Waals surface area contributed by atoms with Crippen LogP contribution in [0.2, 0.25) is 0 Å². The van der Waals surface area contributed by atoms with E-state index in [4.69, 9.17) is 0 Å². The van der Waals surface area contributed by atoms with Crippen molar-refractivity contribution in [3.05, 3.63) is 89.0 Å². The molecule has 3 aromatic carbocycles. The molecule has 2 N–H and O–H groups in total. The summed E-state index contributed by atoms with van der Waals surface area (Å²) in [7, 11) is 0. The predicted octanol–water partition coefficient (Wildman–Crippen LogP) is 6.62. The third-order valence-corrected chi connectivity index (χ3v) is 6.31. The summed E-state index contributed by atoms with van der Waals surface area (Å²) in [4.78, 5) is 26.9. The van der Waals surface area contributed by atoms with Gasteiger partial charge >= 0.3 is 6.09 Å². The molecule has 0 aromatic heterocycles. The van der Waals surface area contributed by atoms with E-state index in [0.29, 0.717) is 0 Å². The first-order chi connectivity index (χ1) is 15.8. The lowest BCUT2D eigenvalue weighted by atomic mass is 9.92. The van der Waals surface area contributed by atoms with Gasteiger partial charge in [-0.2, -0.15) is 0 Å². The van der Waals surface area contributed by atoms with Crippen LogP contribution in [0.4, 0.5) is 10.5 Å². The van der Waals surface area contributed by atoms with Gasteiger partial charge in [0.05, 0.1) is 6.04 Å². The van der Waals surface area contributed by atoms with E-state index < -0.39 is 12.1 Å². The molecule has 0 heterocycles. The highest BCUT2D eigenvalue weighted by Crippen LogP contribution is 2.46. The molecule has 2 amide bonds. The second kappa shape index (κ2) is 9.10. The largest absolute Gasteiger partial charge is 0.465 e. The molecule has 170 valence electrons. The van der Waals surface area contributed by atoms with Gasteiger partial charge in [-0.05, 0) is 45.2 Å². The number of fused-ring (bicyclic) bond motifs is 3. The molecule has 5 nitrogen and oxygen atoms in total. The predicted molar refractivity (Wildman–Crippen MR) is 132 cm³/mol. The molecule has 0 radical (unpaired) electrons. The summed E-state index contributed by atoms with van der Waals surface area (Å²) < 4.78 is 0. The van der Waals surface area contributed by atoms with E-state index in [1.807, 2.05) is 66.7 Å². The van der Waals surface area contributed by atoms with Gasteiger partial charge in [0.25, 0.3) is 0 Å². The summed E-state index contributed by atoms with van der Waals surface area (Å²) in [6.07, 6.45) is -1.12. The summed E-state index contributed by atoms with van der Waals surface area (Å²) in [5.41, 5.74) is 6.72. The van der Waals surface area contributed by atoms with Crippen molar-refractivity contribution < 1.29 is 14.7 Å². The minimum absolute atomic E-state index is 0.225. The van der Waals surface area contributed by atoms with Crippen LogP contribution in [0.3, 0.4) is 0 Å². The minimum atomic E-state index is -1.12. The summed E-state index contributed by atoms with van der Waals surface area (Å²) in [5.74, 6) is 0.112. The van der Waals surface area contributed by atoms with Crippen LogP contribution < -0.4 is 5.32 Å². The van der Waals surface area contributed by atoms with Gasteiger partial charge in [-0.3, -0.25) is 9.69 Å². The van der Waals surface area contributed by atoms with Gasteiger partial charge < -0.3 is 10.4 Å². The van der Waals surface area contributed by atoms with Crippen LogP contribution >= 0.6 is 0 Å². The van der Waals surface area contributed by atoms with Crippen molar-refractivity contribution in [3.8, 4) is 11.1 Å². The highest BCUT2D eigenvalue weighted by Gasteiger charge is 2.36. The zero-order chi connectivity index (χ0) is 23.7. The second-order valence-electron chi connectivity index (χ2n) is 9.16. The SMILES string of the molecule is CC(C)c1cccc(C(C)C)c1NC(=O)CN(C(=O)O)C1c2ccccc2-c2ccccc21. The Labute approximate surface area is 195 Å². The molecule has 0 aliphatic heterocycles. The number of nitrogens with zero attached hydrogens (tertiary/aromatic N) is 1. The number of carboxylic acid groups (broad SMARTS) is 1.